The number of carbonyl (C=O) groups excluding carboxylic acids is 2. The second-order valence-corrected chi connectivity index (χ2v) is 10.0. The van der Waals surface area contributed by atoms with E-state index in [1.807, 2.05) is 25.1 Å². The van der Waals surface area contributed by atoms with E-state index < -0.39 is 0 Å². The molecule has 2 amide bonds. The highest BCUT2D eigenvalue weighted by Gasteiger charge is 2.42. The third-order valence-corrected chi connectivity index (χ3v) is 6.86. The Kier molecular flexibility index (Phi) is 8.24. The first-order valence-electron chi connectivity index (χ1n) is 12.5. The van der Waals surface area contributed by atoms with Gasteiger partial charge in [0.2, 0.25) is 11.8 Å². The van der Waals surface area contributed by atoms with Crippen molar-refractivity contribution in [2.24, 2.45) is 5.92 Å². The molecule has 8 nitrogen and oxygen atoms in total. The molecule has 1 unspecified atom stereocenters. The molecule has 1 aliphatic carbocycles. The highest BCUT2D eigenvalue weighted by atomic mass is 16.5. The number of likely N-dealkylation sites (N-methyl/N-ethyl adjacent to an activating group) is 1. The molecule has 1 aromatic carbocycles. The number of amides is 2. The molecule has 0 bridgehead atoms. The van der Waals surface area contributed by atoms with Crippen LogP contribution in [-0.4, -0.2) is 86.1 Å². The number of benzene rings is 1. The predicted octanol–water partition coefficient (Wildman–Crippen LogP) is 2.28. The van der Waals surface area contributed by atoms with E-state index in [-0.39, 0.29) is 35.9 Å². The fourth-order valence-electron chi connectivity index (χ4n) is 5.19. The maximum atomic E-state index is 14.0. The minimum Gasteiger partial charge on any atom is -0.385 e. The van der Waals surface area contributed by atoms with Crippen molar-refractivity contribution in [3.8, 4) is 0 Å². The van der Waals surface area contributed by atoms with Crippen LogP contribution in [0.4, 0.5) is 0 Å². The van der Waals surface area contributed by atoms with Crippen LogP contribution in [0.5, 0.6) is 0 Å². The largest absolute Gasteiger partial charge is 0.385 e. The normalized spacial score (nSPS) is 21.5. The maximum absolute atomic E-state index is 14.0. The smallest absolute Gasteiger partial charge is 0.234 e. The van der Waals surface area contributed by atoms with Gasteiger partial charge in [0.25, 0.3) is 0 Å². The molecule has 1 aliphatic heterocycles. The van der Waals surface area contributed by atoms with Gasteiger partial charge in [-0.25, -0.2) is 0 Å². The van der Waals surface area contributed by atoms with Gasteiger partial charge in [0.05, 0.1) is 18.5 Å². The highest BCUT2D eigenvalue weighted by molar-refractivity contribution is 5.86. The molecule has 0 radical (unpaired) electrons. The number of nitrogens with zero attached hydrogens (tertiary/aromatic N) is 2. The Morgan fingerprint density at radius 2 is 2.00 bits per heavy atom. The number of carbonyl (C=O) groups is 2. The standard InChI is InChI=1S/C26H39N5O3/c1-30(2)17-25(32)29-19-13-18(14-27-15-19)26(33)31(20-10-11-20)24(9-6-12-34-3)22-16-28-23-8-5-4-7-21(22)23/h4-5,7-8,16,18-20,24,27-28H,6,9-15,17H2,1-3H3,(H,29,32)/t18-,19-,24?/m0/s1. The molecular weight excluding hydrogens is 430 g/mol. The zero-order valence-electron chi connectivity index (χ0n) is 20.7. The van der Waals surface area contributed by atoms with Crippen LogP contribution >= 0.6 is 0 Å². The van der Waals surface area contributed by atoms with Crippen LogP contribution in [0.15, 0.2) is 30.5 Å². The van der Waals surface area contributed by atoms with Crippen molar-refractivity contribution in [2.45, 2.75) is 50.2 Å². The summed E-state index contributed by atoms with van der Waals surface area (Å²) in [6.45, 7) is 2.38. The van der Waals surface area contributed by atoms with Gasteiger partial charge >= 0.3 is 0 Å². The van der Waals surface area contributed by atoms with Crippen molar-refractivity contribution < 1.29 is 14.3 Å². The second kappa shape index (κ2) is 11.3. The molecule has 2 heterocycles. The number of rotatable bonds is 11. The molecule has 8 heteroatoms. The summed E-state index contributed by atoms with van der Waals surface area (Å²) >= 11 is 0. The highest BCUT2D eigenvalue weighted by Crippen LogP contribution is 2.40. The topological polar surface area (TPSA) is 89.7 Å². The first-order valence-corrected chi connectivity index (χ1v) is 12.5. The van der Waals surface area contributed by atoms with E-state index in [1.54, 1.807) is 7.11 Å². The number of fused-ring (bicyclic) bond motifs is 1. The molecule has 186 valence electrons. The molecule has 4 rings (SSSR count). The van der Waals surface area contributed by atoms with Crippen LogP contribution in [0, 0.1) is 5.92 Å². The summed E-state index contributed by atoms with van der Waals surface area (Å²) in [5.41, 5.74) is 2.28. The molecule has 2 fully saturated rings. The number of para-hydroxylation sites is 1. The van der Waals surface area contributed by atoms with Crippen LogP contribution in [0.25, 0.3) is 10.9 Å². The number of aromatic nitrogens is 1. The Morgan fingerprint density at radius 1 is 1.21 bits per heavy atom. The number of nitrogens with one attached hydrogen (secondary N) is 3. The quantitative estimate of drug-likeness (QED) is 0.440. The van der Waals surface area contributed by atoms with Crippen molar-refractivity contribution >= 4 is 22.7 Å². The number of hydrogen-bond acceptors (Lipinski definition) is 5. The van der Waals surface area contributed by atoms with Crippen LogP contribution in [0.1, 0.15) is 43.7 Å². The fraction of sp³-hybridized carbons (Fsp3) is 0.615. The van der Waals surface area contributed by atoms with Gasteiger partial charge in [0.15, 0.2) is 0 Å². The summed E-state index contributed by atoms with van der Waals surface area (Å²) in [6, 6.07) is 8.58. The van der Waals surface area contributed by atoms with Gasteiger partial charge in [-0.05, 0) is 57.8 Å². The lowest BCUT2D eigenvalue weighted by atomic mass is 9.91. The van der Waals surface area contributed by atoms with Crippen LogP contribution < -0.4 is 10.6 Å². The zero-order chi connectivity index (χ0) is 24.1. The van der Waals surface area contributed by atoms with Crippen molar-refractivity contribution in [3.05, 3.63) is 36.0 Å². The summed E-state index contributed by atoms with van der Waals surface area (Å²) in [5.74, 6) is 0.0589. The number of hydrogen-bond donors (Lipinski definition) is 3. The number of aromatic amines is 1. The molecule has 34 heavy (non-hydrogen) atoms. The molecule has 0 spiro atoms. The van der Waals surface area contributed by atoms with Gasteiger partial charge < -0.3 is 30.2 Å². The van der Waals surface area contributed by atoms with E-state index in [4.69, 9.17) is 4.74 Å². The van der Waals surface area contributed by atoms with E-state index in [0.29, 0.717) is 32.7 Å². The Labute approximate surface area is 202 Å². The van der Waals surface area contributed by atoms with Crippen molar-refractivity contribution in [3.63, 3.8) is 0 Å². The lowest BCUT2D eigenvalue weighted by Gasteiger charge is -2.38. The van der Waals surface area contributed by atoms with E-state index in [9.17, 15) is 9.59 Å². The van der Waals surface area contributed by atoms with Crippen LogP contribution in [0.2, 0.25) is 0 Å². The molecule has 3 atom stereocenters. The monoisotopic (exact) mass is 469 g/mol. The van der Waals surface area contributed by atoms with E-state index in [2.05, 4.69) is 44.9 Å². The first-order chi connectivity index (χ1) is 16.5. The van der Waals surface area contributed by atoms with Gasteiger partial charge in [0.1, 0.15) is 0 Å². The molecule has 1 saturated heterocycles. The Balaban J connectivity index is 1.54. The van der Waals surface area contributed by atoms with Gasteiger partial charge in [-0.1, -0.05) is 18.2 Å². The summed E-state index contributed by atoms with van der Waals surface area (Å²) in [7, 11) is 5.49. The van der Waals surface area contributed by atoms with Gasteiger partial charge in [-0.15, -0.1) is 0 Å². The third-order valence-electron chi connectivity index (χ3n) is 6.86. The second-order valence-electron chi connectivity index (χ2n) is 10.0. The lowest BCUT2D eigenvalue weighted by molar-refractivity contribution is -0.140. The zero-order valence-corrected chi connectivity index (χ0v) is 20.7. The van der Waals surface area contributed by atoms with Crippen LogP contribution in [0.3, 0.4) is 0 Å². The number of piperidine rings is 1. The fourth-order valence-corrected chi connectivity index (χ4v) is 5.19. The van der Waals surface area contributed by atoms with E-state index >= 15 is 0 Å². The van der Waals surface area contributed by atoms with E-state index in [1.165, 1.54) is 10.9 Å². The van der Waals surface area contributed by atoms with E-state index in [0.717, 1.165) is 31.2 Å². The molecule has 3 N–H and O–H groups in total. The number of H-pyrrole nitrogens is 1. The van der Waals surface area contributed by atoms with Crippen LogP contribution in [-0.2, 0) is 14.3 Å². The molecule has 2 aliphatic rings. The first kappa shape index (κ1) is 24.7. The Bertz CT molecular complexity index is 970. The Hall–Kier alpha value is -2.42. The third kappa shape index (κ3) is 5.98. The average molecular weight is 470 g/mol. The summed E-state index contributed by atoms with van der Waals surface area (Å²) < 4.78 is 5.34. The molecule has 1 aromatic heterocycles. The number of methoxy groups -OCH3 is 1. The molecular formula is C26H39N5O3. The van der Waals surface area contributed by atoms with Crippen molar-refractivity contribution in [1.82, 2.24) is 25.4 Å². The molecule has 2 aromatic rings. The average Bonchev–Trinajstić information content (AvgIpc) is 3.56. The summed E-state index contributed by atoms with van der Waals surface area (Å²) in [6.07, 6.45) is 6.61. The van der Waals surface area contributed by atoms with Gasteiger partial charge in [-0.3, -0.25) is 9.59 Å². The minimum absolute atomic E-state index is 0.000169. The minimum atomic E-state index is -0.144. The van der Waals surface area contributed by atoms with Crippen molar-refractivity contribution in [2.75, 3.05) is 47.4 Å². The Morgan fingerprint density at radius 3 is 2.74 bits per heavy atom. The van der Waals surface area contributed by atoms with Crippen molar-refractivity contribution in [1.29, 1.82) is 0 Å². The summed E-state index contributed by atoms with van der Waals surface area (Å²) in [5, 5.41) is 7.68. The summed E-state index contributed by atoms with van der Waals surface area (Å²) in [4.78, 5) is 33.7. The maximum Gasteiger partial charge on any atom is 0.234 e. The molecule has 1 saturated carbocycles. The predicted molar refractivity (Wildman–Crippen MR) is 133 cm³/mol. The van der Waals surface area contributed by atoms with Gasteiger partial charge in [-0.2, -0.15) is 0 Å². The lowest BCUT2D eigenvalue weighted by Crippen LogP contribution is -2.54. The van der Waals surface area contributed by atoms with Gasteiger partial charge in [0, 0.05) is 56.0 Å². The number of ether oxygens (including phenoxy) is 1. The SMILES string of the molecule is COCCCC(c1c[nH]c2ccccc12)N(C(=O)[C@@H]1CNC[C@@H](NC(=O)CN(C)C)C1)C1CC1.